The van der Waals surface area contributed by atoms with E-state index in [1.54, 1.807) is 4.90 Å². The number of aliphatic hydroxyl groups is 1. The van der Waals surface area contributed by atoms with Gasteiger partial charge in [0.15, 0.2) is 0 Å². The first-order valence-corrected chi connectivity index (χ1v) is 6.11. The van der Waals surface area contributed by atoms with Crippen molar-refractivity contribution in [1.82, 2.24) is 14.7 Å². The molecule has 1 aromatic heterocycles. The lowest BCUT2D eigenvalue weighted by molar-refractivity contribution is -0.389. The van der Waals surface area contributed by atoms with Crippen LogP contribution in [0.25, 0.3) is 0 Å². The Kier molecular flexibility index (Phi) is 3.79. The highest BCUT2D eigenvalue weighted by Crippen LogP contribution is 2.17. The predicted octanol–water partition coefficient (Wildman–Crippen LogP) is 0.0206. The van der Waals surface area contributed by atoms with Gasteiger partial charge in [0.05, 0.1) is 23.5 Å². The van der Waals surface area contributed by atoms with Crippen LogP contribution in [0.2, 0.25) is 0 Å². The van der Waals surface area contributed by atoms with E-state index < -0.39 is 4.92 Å². The zero-order chi connectivity index (χ0) is 14.0. The second kappa shape index (κ2) is 5.35. The van der Waals surface area contributed by atoms with E-state index in [0.717, 1.165) is 0 Å². The van der Waals surface area contributed by atoms with Crippen LogP contribution in [0.1, 0.15) is 13.3 Å². The molecule has 0 aromatic carbocycles. The Morgan fingerprint density at radius 1 is 1.68 bits per heavy atom. The highest BCUT2D eigenvalue weighted by atomic mass is 16.6. The molecule has 0 spiro atoms. The molecule has 1 aliphatic rings. The molecule has 0 saturated carbocycles. The number of aliphatic hydroxyl groups excluding tert-OH is 1. The van der Waals surface area contributed by atoms with Crippen LogP contribution in [0.5, 0.6) is 0 Å². The van der Waals surface area contributed by atoms with Gasteiger partial charge in [-0.1, -0.05) is 6.92 Å². The van der Waals surface area contributed by atoms with Gasteiger partial charge in [0.2, 0.25) is 5.91 Å². The number of piperidine rings is 1. The van der Waals surface area contributed by atoms with Crippen molar-refractivity contribution in [3.8, 4) is 0 Å². The number of carbonyl (C=O) groups is 1. The average molecular weight is 268 g/mol. The summed E-state index contributed by atoms with van der Waals surface area (Å²) < 4.78 is 1.26. The average Bonchev–Trinajstić information content (AvgIpc) is 2.81. The Morgan fingerprint density at radius 2 is 2.42 bits per heavy atom. The van der Waals surface area contributed by atoms with E-state index in [-0.39, 0.29) is 30.3 Å². The summed E-state index contributed by atoms with van der Waals surface area (Å²) in [7, 11) is 0. The molecule has 2 rings (SSSR count). The third-order valence-corrected chi connectivity index (χ3v) is 3.32. The first-order valence-electron chi connectivity index (χ1n) is 6.11. The second-order valence-corrected chi connectivity index (χ2v) is 4.80. The van der Waals surface area contributed by atoms with Crippen molar-refractivity contribution in [2.45, 2.75) is 26.0 Å². The molecule has 2 unspecified atom stereocenters. The zero-order valence-electron chi connectivity index (χ0n) is 10.6. The molecule has 19 heavy (non-hydrogen) atoms. The van der Waals surface area contributed by atoms with Crippen molar-refractivity contribution >= 4 is 11.7 Å². The highest BCUT2D eigenvalue weighted by molar-refractivity contribution is 5.76. The van der Waals surface area contributed by atoms with E-state index in [1.165, 1.54) is 16.9 Å². The van der Waals surface area contributed by atoms with Crippen LogP contribution in [-0.4, -0.2) is 49.8 Å². The minimum Gasteiger partial charge on any atom is -0.393 e. The van der Waals surface area contributed by atoms with Crippen molar-refractivity contribution in [3.05, 3.63) is 22.4 Å². The predicted molar refractivity (Wildman–Crippen MR) is 65.2 cm³/mol. The Bertz CT molecular complexity index is 487. The van der Waals surface area contributed by atoms with Crippen LogP contribution in [0.15, 0.2) is 12.3 Å². The van der Waals surface area contributed by atoms with Gasteiger partial charge < -0.3 is 20.1 Å². The van der Waals surface area contributed by atoms with Crippen LogP contribution in [0, 0.1) is 16.0 Å². The lowest BCUT2D eigenvalue weighted by Gasteiger charge is -2.34. The van der Waals surface area contributed by atoms with Crippen molar-refractivity contribution in [3.63, 3.8) is 0 Å². The summed E-state index contributed by atoms with van der Waals surface area (Å²) >= 11 is 0. The van der Waals surface area contributed by atoms with Crippen LogP contribution in [0.4, 0.5) is 5.82 Å². The molecule has 0 bridgehead atoms. The Balaban J connectivity index is 1.95. The molecule has 8 nitrogen and oxygen atoms in total. The molecule has 0 aliphatic carbocycles. The minimum atomic E-state index is -0.597. The normalized spacial score (nSPS) is 23.4. The number of likely N-dealkylation sites (tertiary alicyclic amines) is 1. The van der Waals surface area contributed by atoms with Gasteiger partial charge in [-0.05, 0) is 17.3 Å². The number of nitrogens with zero attached hydrogens (tertiary/aromatic N) is 4. The van der Waals surface area contributed by atoms with Gasteiger partial charge in [-0.3, -0.25) is 4.79 Å². The molecule has 1 fully saturated rings. The summed E-state index contributed by atoms with van der Waals surface area (Å²) in [5.41, 5.74) is 0. The molecule has 1 N–H and O–H groups in total. The number of nitro groups is 1. The van der Waals surface area contributed by atoms with E-state index in [9.17, 15) is 20.0 Å². The second-order valence-electron chi connectivity index (χ2n) is 4.80. The summed E-state index contributed by atoms with van der Waals surface area (Å²) in [5.74, 6) is -0.364. The van der Waals surface area contributed by atoms with E-state index in [0.29, 0.717) is 19.5 Å². The highest BCUT2D eigenvalue weighted by Gasteiger charge is 2.27. The lowest BCUT2D eigenvalue weighted by atomic mass is 9.97. The van der Waals surface area contributed by atoms with Crippen LogP contribution < -0.4 is 0 Å². The van der Waals surface area contributed by atoms with Gasteiger partial charge in [-0.25, -0.2) is 0 Å². The third-order valence-electron chi connectivity index (χ3n) is 3.32. The first-order chi connectivity index (χ1) is 8.97. The molecule has 1 aromatic rings. The number of hydrogen-bond donors (Lipinski definition) is 1. The Labute approximate surface area is 109 Å². The maximum Gasteiger partial charge on any atom is 0.389 e. The van der Waals surface area contributed by atoms with Crippen LogP contribution in [-0.2, 0) is 11.3 Å². The van der Waals surface area contributed by atoms with E-state index in [1.807, 2.05) is 6.92 Å². The van der Waals surface area contributed by atoms with Crippen molar-refractivity contribution < 1.29 is 14.8 Å². The molecule has 0 radical (unpaired) electrons. The number of hydrogen-bond acceptors (Lipinski definition) is 5. The minimum absolute atomic E-state index is 0.0172. The van der Waals surface area contributed by atoms with Gasteiger partial charge in [0.1, 0.15) is 6.54 Å². The van der Waals surface area contributed by atoms with Gasteiger partial charge in [0, 0.05) is 13.1 Å². The standard InChI is InChI=1S/C11H16N4O4/c1-8-6-13(4-2-9(8)16)11(17)7-14-5-3-10(12-14)15(18)19/h3,5,8-9,16H,2,4,6-7H2,1H3. The van der Waals surface area contributed by atoms with Crippen LogP contribution in [0.3, 0.4) is 0 Å². The van der Waals surface area contributed by atoms with E-state index in [4.69, 9.17) is 0 Å². The summed E-state index contributed by atoms with van der Waals surface area (Å²) in [6.07, 6.45) is 1.61. The van der Waals surface area contributed by atoms with Crippen molar-refractivity contribution in [2.75, 3.05) is 13.1 Å². The summed E-state index contributed by atoms with van der Waals surface area (Å²) in [4.78, 5) is 23.6. The number of amides is 1. The van der Waals surface area contributed by atoms with Gasteiger partial charge in [-0.2, -0.15) is 4.68 Å². The summed E-state index contributed by atoms with van der Waals surface area (Å²) in [6, 6.07) is 1.26. The smallest absolute Gasteiger partial charge is 0.389 e. The topological polar surface area (TPSA) is 102 Å². The summed E-state index contributed by atoms with van der Waals surface area (Å²) in [5, 5.41) is 23.8. The fourth-order valence-electron chi connectivity index (χ4n) is 2.13. The molecule has 1 amide bonds. The van der Waals surface area contributed by atoms with Gasteiger partial charge in [-0.15, -0.1) is 0 Å². The maximum absolute atomic E-state index is 12.0. The number of carbonyl (C=O) groups excluding carboxylic acids is 1. The van der Waals surface area contributed by atoms with Crippen molar-refractivity contribution in [2.24, 2.45) is 5.92 Å². The monoisotopic (exact) mass is 268 g/mol. The summed E-state index contributed by atoms with van der Waals surface area (Å²) in [6.45, 7) is 2.89. The molecule has 104 valence electrons. The fraction of sp³-hybridized carbons (Fsp3) is 0.636. The molecule has 8 heteroatoms. The Morgan fingerprint density at radius 3 is 3.00 bits per heavy atom. The number of aromatic nitrogens is 2. The fourth-order valence-corrected chi connectivity index (χ4v) is 2.13. The quantitative estimate of drug-likeness (QED) is 0.615. The third kappa shape index (κ3) is 3.08. The molecule has 1 saturated heterocycles. The molecule has 2 heterocycles. The zero-order valence-corrected chi connectivity index (χ0v) is 10.6. The van der Waals surface area contributed by atoms with E-state index >= 15 is 0 Å². The molecular formula is C11H16N4O4. The SMILES string of the molecule is CC1CN(C(=O)Cn2ccc([N+](=O)[O-])n2)CCC1O. The Hall–Kier alpha value is -1.96. The van der Waals surface area contributed by atoms with Crippen LogP contribution >= 0.6 is 0 Å². The molecular weight excluding hydrogens is 252 g/mol. The molecule has 1 aliphatic heterocycles. The van der Waals surface area contributed by atoms with E-state index in [2.05, 4.69) is 5.10 Å². The van der Waals surface area contributed by atoms with Gasteiger partial charge in [0.25, 0.3) is 0 Å². The van der Waals surface area contributed by atoms with Gasteiger partial charge >= 0.3 is 5.82 Å². The lowest BCUT2D eigenvalue weighted by Crippen LogP contribution is -2.46. The first kappa shape index (κ1) is 13.5. The maximum atomic E-state index is 12.0. The number of rotatable bonds is 3. The largest absolute Gasteiger partial charge is 0.393 e. The molecule has 2 atom stereocenters. The van der Waals surface area contributed by atoms with Crippen molar-refractivity contribution in [1.29, 1.82) is 0 Å².